The van der Waals surface area contributed by atoms with Gasteiger partial charge >= 0.3 is 0 Å². The molecule has 2 nitrogen and oxygen atoms in total. The summed E-state index contributed by atoms with van der Waals surface area (Å²) in [6.45, 7) is 0. The fourth-order valence-corrected chi connectivity index (χ4v) is 1.38. The van der Waals surface area contributed by atoms with Gasteiger partial charge in [-0.2, -0.15) is 5.26 Å². The first-order valence-electron chi connectivity index (χ1n) is 3.46. The first-order chi connectivity index (χ1) is 6.15. The number of nitrogen functional groups attached to an aromatic ring is 1. The fraction of sp³-hybridized carbons (Fsp3) is 0. The molecule has 4 heteroatoms. The van der Waals surface area contributed by atoms with Crippen molar-refractivity contribution in [1.29, 1.82) is 5.26 Å². The Morgan fingerprint density at radius 1 is 1.38 bits per heavy atom. The molecule has 0 aliphatic rings. The molecule has 0 atom stereocenters. The maximum absolute atomic E-state index is 8.31. The quantitative estimate of drug-likeness (QED) is 0.575. The lowest BCUT2D eigenvalue weighted by Crippen LogP contribution is -1.90. The van der Waals surface area contributed by atoms with Crippen LogP contribution in [0.3, 0.4) is 0 Å². The molecule has 0 aliphatic heterocycles. The number of nitrogens with two attached hydrogens (primary N) is 1. The van der Waals surface area contributed by atoms with E-state index in [1.807, 2.05) is 6.07 Å². The minimum atomic E-state index is 0.394. The van der Waals surface area contributed by atoms with Crippen LogP contribution in [0.1, 0.15) is 5.56 Å². The molecule has 0 spiro atoms. The maximum atomic E-state index is 8.31. The van der Waals surface area contributed by atoms with E-state index >= 15 is 0 Å². The number of hydrogen-bond donors (Lipinski definition) is 1. The molecule has 1 rings (SSSR count). The van der Waals surface area contributed by atoms with Gasteiger partial charge < -0.3 is 5.73 Å². The summed E-state index contributed by atoms with van der Waals surface area (Å²) in [5.41, 5.74) is 6.72. The highest BCUT2D eigenvalue weighted by Crippen LogP contribution is 2.28. The van der Waals surface area contributed by atoms with Gasteiger partial charge in [-0.3, -0.25) is 0 Å². The third-order valence-electron chi connectivity index (χ3n) is 1.46. The number of benzene rings is 1. The van der Waals surface area contributed by atoms with Gasteiger partial charge in [-0.15, -0.1) is 0 Å². The largest absolute Gasteiger partial charge is 0.397 e. The van der Waals surface area contributed by atoms with E-state index in [0.29, 0.717) is 21.3 Å². The van der Waals surface area contributed by atoms with Gasteiger partial charge in [-0.1, -0.05) is 23.2 Å². The minimum absolute atomic E-state index is 0.394. The zero-order valence-corrected chi connectivity index (χ0v) is 8.10. The van der Waals surface area contributed by atoms with Crippen LogP contribution in [0, 0.1) is 11.3 Å². The second-order valence-electron chi connectivity index (χ2n) is 2.35. The fourth-order valence-electron chi connectivity index (χ4n) is 0.870. The molecule has 66 valence electrons. The lowest BCUT2D eigenvalue weighted by molar-refractivity contribution is 1.53. The molecule has 0 amide bonds. The summed E-state index contributed by atoms with van der Waals surface area (Å²) in [5, 5.41) is 9.20. The Balaban J connectivity index is 3.22. The number of nitriles is 1. The van der Waals surface area contributed by atoms with Gasteiger partial charge in [0, 0.05) is 16.7 Å². The van der Waals surface area contributed by atoms with Crippen molar-refractivity contribution in [3.05, 3.63) is 33.8 Å². The van der Waals surface area contributed by atoms with Gasteiger partial charge in [0.1, 0.15) is 0 Å². The third-order valence-corrected chi connectivity index (χ3v) is 1.99. The Labute approximate surface area is 86.2 Å². The van der Waals surface area contributed by atoms with E-state index in [1.165, 1.54) is 6.08 Å². The maximum Gasteiger partial charge on any atom is 0.0912 e. The van der Waals surface area contributed by atoms with E-state index in [1.54, 1.807) is 18.2 Å². The van der Waals surface area contributed by atoms with E-state index < -0.39 is 0 Å². The summed E-state index contributed by atoms with van der Waals surface area (Å²) < 4.78 is 0. The molecule has 1 aromatic rings. The molecule has 0 bridgehead atoms. The molecule has 0 aliphatic carbocycles. The Morgan fingerprint density at radius 2 is 2.08 bits per heavy atom. The predicted octanol–water partition coefficient (Wildman–Crippen LogP) is 3.11. The first kappa shape index (κ1) is 9.91. The summed E-state index contributed by atoms with van der Waals surface area (Å²) >= 11 is 11.5. The van der Waals surface area contributed by atoms with Gasteiger partial charge in [-0.05, 0) is 18.2 Å². The van der Waals surface area contributed by atoms with Crippen LogP contribution in [0.5, 0.6) is 0 Å². The lowest BCUT2D eigenvalue weighted by Gasteiger charge is -2.02. The van der Waals surface area contributed by atoms with E-state index in [0.717, 1.165) is 0 Å². The molecule has 1 aromatic carbocycles. The summed E-state index contributed by atoms with van der Waals surface area (Å²) in [6, 6.07) is 5.07. The highest BCUT2D eigenvalue weighted by atomic mass is 35.5. The predicted molar refractivity (Wildman–Crippen MR) is 55.5 cm³/mol. The van der Waals surface area contributed by atoms with Crippen LogP contribution in [0.25, 0.3) is 6.08 Å². The second kappa shape index (κ2) is 4.18. The number of rotatable bonds is 1. The summed E-state index contributed by atoms with van der Waals surface area (Å²) in [7, 11) is 0. The summed E-state index contributed by atoms with van der Waals surface area (Å²) in [6.07, 6.45) is 2.88. The first-order valence-corrected chi connectivity index (χ1v) is 4.21. The summed E-state index contributed by atoms with van der Waals surface area (Å²) in [4.78, 5) is 0. The zero-order chi connectivity index (χ0) is 9.84. The van der Waals surface area contributed by atoms with Gasteiger partial charge in [0.25, 0.3) is 0 Å². The second-order valence-corrected chi connectivity index (χ2v) is 3.20. The van der Waals surface area contributed by atoms with Crippen LogP contribution in [-0.4, -0.2) is 0 Å². The van der Waals surface area contributed by atoms with Crippen LogP contribution in [0.15, 0.2) is 18.2 Å². The normalized spacial score (nSPS) is 10.2. The standard InChI is InChI=1S/C9H6Cl2N2/c10-7-4-6(2-1-3-12)9(13)8(11)5-7/h1-2,4-5H,13H2. The third kappa shape index (κ3) is 2.38. The molecule has 0 saturated carbocycles. The van der Waals surface area contributed by atoms with Crippen molar-refractivity contribution in [2.45, 2.75) is 0 Å². The topological polar surface area (TPSA) is 49.8 Å². The molecule has 0 unspecified atom stereocenters. The van der Waals surface area contributed by atoms with Crippen molar-refractivity contribution in [3.63, 3.8) is 0 Å². The number of nitrogens with zero attached hydrogens (tertiary/aromatic N) is 1. The molecule has 0 radical (unpaired) electrons. The Hall–Kier alpha value is -1.17. The van der Waals surface area contributed by atoms with Crippen molar-refractivity contribution in [2.24, 2.45) is 0 Å². The van der Waals surface area contributed by atoms with Crippen LogP contribution < -0.4 is 5.73 Å². The Kier molecular flexibility index (Phi) is 3.18. The van der Waals surface area contributed by atoms with Crippen LogP contribution in [-0.2, 0) is 0 Å². The zero-order valence-electron chi connectivity index (χ0n) is 6.59. The number of halogens is 2. The average molecular weight is 213 g/mol. The molecular formula is C9H6Cl2N2. The Morgan fingerprint density at radius 3 is 2.69 bits per heavy atom. The Bertz CT molecular complexity index is 391. The van der Waals surface area contributed by atoms with Crippen molar-refractivity contribution in [3.8, 4) is 6.07 Å². The number of allylic oxidation sites excluding steroid dienone is 1. The van der Waals surface area contributed by atoms with E-state index in [-0.39, 0.29) is 0 Å². The molecule has 2 N–H and O–H groups in total. The molecular weight excluding hydrogens is 207 g/mol. The smallest absolute Gasteiger partial charge is 0.0912 e. The molecule has 0 heterocycles. The van der Waals surface area contributed by atoms with Crippen molar-refractivity contribution >= 4 is 35.0 Å². The molecule has 13 heavy (non-hydrogen) atoms. The minimum Gasteiger partial charge on any atom is -0.397 e. The van der Waals surface area contributed by atoms with Crippen molar-refractivity contribution < 1.29 is 0 Å². The van der Waals surface area contributed by atoms with Crippen molar-refractivity contribution in [1.82, 2.24) is 0 Å². The molecule has 0 fully saturated rings. The van der Waals surface area contributed by atoms with Gasteiger partial charge in [0.15, 0.2) is 0 Å². The lowest BCUT2D eigenvalue weighted by atomic mass is 10.1. The van der Waals surface area contributed by atoms with Crippen LogP contribution in [0.4, 0.5) is 5.69 Å². The highest BCUT2D eigenvalue weighted by molar-refractivity contribution is 6.36. The van der Waals surface area contributed by atoms with Crippen LogP contribution in [0.2, 0.25) is 10.0 Å². The van der Waals surface area contributed by atoms with Gasteiger partial charge in [0.05, 0.1) is 16.8 Å². The average Bonchev–Trinajstić information content (AvgIpc) is 2.09. The van der Waals surface area contributed by atoms with Gasteiger partial charge in [-0.25, -0.2) is 0 Å². The van der Waals surface area contributed by atoms with Crippen molar-refractivity contribution in [2.75, 3.05) is 5.73 Å². The van der Waals surface area contributed by atoms with E-state index in [2.05, 4.69) is 0 Å². The molecule has 0 aromatic heterocycles. The number of hydrogen-bond acceptors (Lipinski definition) is 2. The molecule has 0 saturated heterocycles. The number of anilines is 1. The summed E-state index contributed by atoms with van der Waals surface area (Å²) in [5.74, 6) is 0. The van der Waals surface area contributed by atoms with E-state index in [4.69, 9.17) is 34.2 Å². The van der Waals surface area contributed by atoms with Gasteiger partial charge in [0.2, 0.25) is 0 Å². The van der Waals surface area contributed by atoms with E-state index in [9.17, 15) is 0 Å². The SMILES string of the molecule is N#CC=Cc1cc(Cl)cc(Cl)c1N. The van der Waals surface area contributed by atoms with Crippen LogP contribution >= 0.6 is 23.2 Å². The monoisotopic (exact) mass is 212 g/mol. The highest BCUT2D eigenvalue weighted by Gasteiger charge is 2.02.